The van der Waals surface area contributed by atoms with Gasteiger partial charge in [-0.15, -0.1) is 0 Å². The number of rotatable bonds is 4. The van der Waals surface area contributed by atoms with Gasteiger partial charge in [0.05, 0.1) is 12.7 Å². The van der Waals surface area contributed by atoms with E-state index >= 15 is 0 Å². The van der Waals surface area contributed by atoms with Crippen LogP contribution in [0.4, 0.5) is 0 Å². The SMILES string of the molecule is COCC[C@H]1CO[C@H]2CN(C(=O)[C@@H]3C[C@@H]3C)C[C@@H]12. The molecule has 0 N–H and O–H groups in total. The number of likely N-dealkylation sites (tertiary alicyclic amines) is 1. The average Bonchev–Trinajstić information content (AvgIpc) is 2.79. The third-order valence-electron chi connectivity index (χ3n) is 4.87. The fraction of sp³-hybridized carbons (Fsp3) is 0.929. The zero-order valence-corrected chi connectivity index (χ0v) is 11.3. The molecule has 2 heterocycles. The smallest absolute Gasteiger partial charge is 0.226 e. The van der Waals surface area contributed by atoms with E-state index in [1.807, 2.05) is 4.90 Å². The maximum atomic E-state index is 12.2. The van der Waals surface area contributed by atoms with E-state index in [4.69, 9.17) is 9.47 Å². The summed E-state index contributed by atoms with van der Waals surface area (Å²) in [5.74, 6) is 2.39. The van der Waals surface area contributed by atoms with Crippen molar-refractivity contribution in [3.05, 3.63) is 0 Å². The fourth-order valence-electron chi connectivity index (χ4n) is 3.45. The molecule has 0 aromatic rings. The molecule has 1 saturated carbocycles. The first kappa shape index (κ1) is 12.4. The molecule has 0 unspecified atom stereocenters. The van der Waals surface area contributed by atoms with E-state index in [9.17, 15) is 4.79 Å². The highest BCUT2D eigenvalue weighted by atomic mass is 16.5. The van der Waals surface area contributed by atoms with Crippen LogP contribution in [0.15, 0.2) is 0 Å². The van der Waals surface area contributed by atoms with E-state index in [1.165, 1.54) is 0 Å². The highest BCUT2D eigenvalue weighted by Gasteiger charge is 2.49. The Bertz CT molecular complexity index is 333. The second kappa shape index (κ2) is 4.82. The molecule has 18 heavy (non-hydrogen) atoms. The molecule has 0 aromatic carbocycles. The van der Waals surface area contributed by atoms with E-state index in [2.05, 4.69) is 6.92 Å². The molecular formula is C14H23NO3. The second-order valence-electron chi connectivity index (χ2n) is 6.14. The predicted molar refractivity (Wildman–Crippen MR) is 67.1 cm³/mol. The van der Waals surface area contributed by atoms with E-state index in [-0.39, 0.29) is 6.10 Å². The van der Waals surface area contributed by atoms with E-state index in [0.29, 0.717) is 29.6 Å². The monoisotopic (exact) mass is 253 g/mol. The summed E-state index contributed by atoms with van der Waals surface area (Å²) in [5.41, 5.74) is 0. The standard InChI is InChI=1S/C14H23NO3/c1-9-5-11(9)14(16)15-6-12-10(3-4-17-2)8-18-13(12)7-15/h9-13H,3-8H2,1-2H3/t9-,10-,11+,12-,13-/m0/s1. The Morgan fingerprint density at radius 3 is 2.89 bits per heavy atom. The van der Waals surface area contributed by atoms with Crippen molar-refractivity contribution in [3.8, 4) is 0 Å². The molecule has 4 nitrogen and oxygen atoms in total. The van der Waals surface area contributed by atoms with Crippen LogP contribution in [0.3, 0.4) is 0 Å². The first-order valence-corrected chi connectivity index (χ1v) is 7.10. The number of hydrogen-bond acceptors (Lipinski definition) is 3. The van der Waals surface area contributed by atoms with Crippen LogP contribution in [0, 0.1) is 23.7 Å². The number of carbonyl (C=O) groups excluding carboxylic acids is 1. The molecule has 102 valence electrons. The first-order valence-electron chi connectivity index (χ1n) is 7.10. The maximum Gasteiger partial charge on any atom is 0.226 e. The van der Waals surface area contributed by atoms with Crippen molar-refractivity contribution >= 4 is 5.91 Å². The summed E-state index contributed by atoms with van der Waals surface area (Å²) < 4.78 is 11.0. The lowest BCUT2D eigenvalue weighted by molar-refractivity contribution is -0.132. The Morgan fingerprint density at radius 1 is 1.44 bits per heavy atom. The normalized spacial score (nSPS) is 42.1. The molecule has 0 radical (unpaired) electrons. The third-order valence-corrected chi connectivity index (χ3v) is 4.87. The molecule has 1 amide bonds. The van der Waals surface area contributed by atoms with Crippen molar-refractivity contribution in [2.45, 2.75) is 25.9 Å². The molecule has 2 saturated heterocycles. The van der Waals surface area contributed by atoms with Crippen LogP contribution in [0.2, 0.25) is 0 Å². The molecule has 0 spiro atoms. The van der Waals surface area contributed by atoms with Gasteiger partial charge in [0.25, 0.3) is 0 Å². The Morgan fingerprint density at radius 2 is 2.22 bits per heavy atom. The number of nitrogens with zero attached hydrogens (tertiary/aromatic N) is 1. The predicted octanol–water partition coefficient (Wildman–Crippen LogP) is 1.15. The van der Waals surface area contributed by atoms with E-state index in [1.54, 1.807) is 7.11 Å². The van der Waals surface area contributed by atoms with Gasteiger partial charge in [0.15, 0.2) is 0 Å². The van der Waals surface area contributed by atoms with Gasteiger partial charge in [-0.3, -0.25) is 4.79 Å². The van der Waals surface area contributed by atoms with E-state index < -0.39 is 0 Å². The highest BCUT2D eigenvalue weighted by Crippen LogP contribution is 2.42. The minimum atomic E-state index is 0.282. The Balaban J connectivity index is 1.56. The average molecular weight is 253 g/mol. The number of amides is 1. The van der Waals surface area contributed by atoms with Crippen LogP contribution in [0.1, 0.15) is 19.8 Å². The van der Waals surface area contributed by atoms with Crippen LogP contribution >= 0.6 is 0 Å². The summed E-state index contributed by atoms with van der Waals surface area (Å²) in [6.07, 6.45) is 2.42. The molecule has 3 rings (SSSR count). The van der Waals surface area contributed by atoms with Gasteiger partial charge in [-0.1, -0.05) is 6.92 Å². The lowest BCUT2D eigenvalue weighted by Gasteiger charge is -2.19. The molecule has 3 aliphatic rings. The number of fused-ring (bicyclic) bond motifs is 1. The number of methoxy groups -OCH3 is 1. The van der Waals surface area contributed by atoms with Gasteiger partial charge in [0, 0.05) is 38.6 Å². The highest BCUT2D eigenvalue weighted by molar-refractivity contribution is 5.82. The summed E-state index contributed by atoms with van der Waals surface area (Å²) >= 11 is 0. The Hall–Kier alpha value is -0.610. The van der Waals surface area contributed by atoms with Gasteiger partial charge in [-0.05, 0) is 24.7 Å². The van der Waals surface area contributed by atoms with Crippen LogP contribution in [0.25, 0.3) is 0 Å². The largest absolute Gasteiger partial charge is 0.385 e. The van der Waals surface area contributed by atoms with Crippen molar-refractivity contribution < 1.29 is 14.3 Å². The minimum absolute atomic E-state index is 0.282. The molecule has 0 aromatic heterocycles. The van der Waals surface area contributed by atoms with Crippen LogP contribution in [-0.4, -0.2) is 50.3 Å². The number of hydrogen-bond donors (Lipinski definition) is 0. The fourth-order valence-corrected chi connectivity index (χ4v) is 3.45. The Kier molecular flexibility index (Phi) is 3.32. The summed E-state index contributed by atoms with van der Waals surface area (Å²) in [5, 5.41) is 0. The van der Waals surface area contributed by atoms with E-state index in [0.717, 1.165) is 39.1 Å². The molecule has 4 heteroatoms. The quantitative estimate of drug-likeness (QED) is 0.754. The van der Waals surface area contributed by atoms with Gasteiger partial charge in [-0.25, -0.2) is 0 Å². The third kappa shape index (κ3) is 2.16. The van der Waals surface area contributed by atoms with Crippen molar-refractivity contribution in [2.75, 3.05) is 33.4 Å². The maximum absolute atomic E-state index is 12.2. The van der Waals surface area contributed by atoms with Crippen molar-refractivity contribution in [2.24, 2.45) is 23.7 Å². The van der Waals surface area contributed by atoms with Crippen molar-refractivity contribution in [1.29, 1.82) is 0 Å². The molecule has 5 atom stereocenters. The van der Waals surface area contributed by atoms with Crippen molar-refractivity contribution in [1.82, 2.24) is 4.90 Å². The summed E-state index contributed by atoms with van der Waals surface area (Å²) in [6, 6.07) is 0. The first-order chi connectivity index (χ1) is 8.70. The van der Waals surface area contributed by atoms with Crippen molar-refractivity contribution in [3.63, 3.8) is 0 Å². The van der Waals surface area contributed by atoms with Crippen LogP contribution in [0.5, 0.6) is 0 Å². The number of ether oxygens (including phenoxy) is 2. The van der Waals surface area contributed by atoms with Gasteiger partial charge < -0.3 is 14.4 Å². The number of carbonyl (C=O) groups is 1. The molecule has 0 bridgehead atoms. The topological polar surface area (TPSA) is 38.8 Å². The lowest BCUT2D eigenvalue weighted by atomic mass is 9.91. The lowest BCUT2D eigenvalue weighted by Crippen LogP contribution is -2.32. The zero-order valence-electron chi connectivity index (χ0n) is 11.3. The van der Waals surface area contributed by atoms with Gasteiger partial charge in [0.1, 0.15) is 0 Å². The Labute approximate surface area is 109 Å². The van der Waals surface area contributed by atoms with Gasteiger partial charge in [-0.2, -0.15) is 0 Å². The molecule has 1 aliphatic carbocycles. The summed E-state index contributed by atoms with van der Waals surface area (Å²) in [7, 11) is 1.74. The molecule has 3 fully saturated rings. The minimum Gasteiger partial charge on any atom is -0.385 e. The molecular weight excluding hydrogens is 230 g/mol. The van der Waals surface area contributed by atoms with Crippen LogP contribution < -0.4 is 0 Å². The summed E-state index contributed by atoms with van der Waals surface area (Å²) in [6.45, 7) is 5.53. The molecule has 2 aliphatic heterocycles. The van der Waals surface area contributed by atoms with Gasteiger partial charge >= 0.3 is 0 Å². The summed E-state index contributed by atoms with van der Waals surface area (Å²) in [4.78, 5) is 14.3. The zero-order chi connectivity index (χ0) is 12.7. The second-order valence-corrected chi connectivity index (χ2v) is 6.14. The van der Waals surface area contributed by atoms with Crippen LogP contribution in [-0.2, 0) is 14.3 Å². The van der Waals surface area contributed by atoms with Gasteiger partial charge in [0.2, 0.25) is 5.91 Å².